The lowest BCUT2D eigenvalue weighted by Gasteiger charge is -2.47. The minimum Gasteiger partial charge on any atom is -0.508 e. The van der Waals surface area contributed by atoms with Gasteiger partial charge in [-0.3, -0.25) is 4.79 Å². The molecule has 15 heteroatoms. The average Bonchev–Trinajstić information content (AvgIpc) is 3.12. The number of allylic oxidation sites excluding steroid dienone is 2. The number of carbonyl (C=O) groups excluding carboxylic acids is 2. The lowest BCUT2D eigenvalue weighted by atomic mass is 9.89. The van der Waals surface area contributed by atoms with Crippen molar-refractivity contribution in [1.82, 2.24) is 4.98 Å². The van der Waals surface area contributed by atoms with Crippen molar-refractivity contribution in [3.63, 3.8) is 0 Å². The molecule has 3 heterocycles. The van der Waals surface area contributed by atoms with E-state index in [4.69, 9.17) is 29.1 Å². The largest absolute Gasteiger partial charge is 0.508 e. The van der Waals surface area contributed by atoms with Crippen LogP contribution in [0.1, 0.15) is 49.2 Å². The van der Waals surface area contributed by atoms with E-state index in [1.807, 2.05) is 38.1 Å². The smallest absolute Gasteiger partial charge is 0.404 e. The summed E-state index contributed by atoms with van der Waals surface area (Å²) in [7, 11) is 1.37. The number of methoxy groups -OCH3 is 1. The molecule has 1 aliphatic heterocycles. The summed E-state index contributed by atoms with van der Waals surface area (Å²) in [5.74, 6) is -1.52. The van der Waals surface area contributed by atoms with E-state index >= 15 is 0 Å². The standard InChI is InChI=1S/C31H36N2O11.C9H6FN/c1-14(2)7-8-16-13-17(9-11-19(16)34)27(37)33-21-22(35)18-10-12-20(15(3)24(18)42-28(21)38)41-29-23(36)25(43-30(32)39)26(40-6)31(4,5)44-29;10-9-6-5-7-3-1-2-4-8(7)11-9/h7,9-13,23,25-26,29,34-36H,8H2,1-6H3,(H2,32,39)(H,33,37);1-6H/t23-,25+,26-,29-;/m1./s1. The van der Waals surface area contributed by atoms with Crippen LogP contribution in [0.5, 0.6) is 17.2 Å². The Morgan fingerprint density at radius 3 is 2.49 bits per heavy atom. The molecule has 1 fully saturated rings. The number of ether oxygens (including phenoxy) is 4. The van der Waals surface area contributed by atoms with Gasteiger partial charge in [-0.1, -0.05) is 29.8 Å². The number of nitrogens with two attached hydrogens (primary N) is 1. The number of hydrogen-bond acceptors (Lipinski definition) is 12. The van der Waals surface area contributed by atoms with Gasteiger partial charge in [0.1, 0.15) is 23.2 Å². The van der Waals surface area contributed by atoms with Gasteiger partial charge in [-0.25, -0.2) is 14.6 Å². The summed E-state index contributed by atoms with van der Waals surface area (Å²) in [6, 6.07) is 17.6. The summed E-state index contributed by atoms with van der Waals surface area (Å²) in [6.45, 7) is 8.69. The third kappa shape index (κ3) is 9.03. The summed E-state index contributed by atoms with van der Waals surface area (Å²) in [5.41, 5.74) is 5.24. The number of halogens is 1. The molecule has 0 spiro atoms. The number of amides is 2. The number of fused-ring (bicyclic) bond motifs is 2. The zero-order valence-electron chi connectivity index (χ0n) is 31.0. The molecule has 6 rings (SSSR count). The number of benzene rings is 3. The van der Waals surface area contributed by atoms with Crippen LogP contribution in [0.25, 0.3) is 21.9 Å². The number of aliphatic hydroxyl groups is 1. The summed E-state index contributed by atoms with van der Waals surface area (Å²) >= 11 is 0. The highest BCUT2D eigenvalue weighted by atomic mass is 19.1. The van der Waals surface area contributed by atoms with Crippen LogP contribution in [-0.4, -0.2) is 69.6 Å². The first-order valence-electron chi connectivity index (χ1n) is 17.1. The number of nitrogens with one attached hydrogen (secondary N) is 1. The van der Waals surface area contributed by atoms with Crippen molar-refractivity contribution in [2.75, 3.05) is 12.4 Å². The summed E-state index contributed by atoms with van der Waals surface area (Å²) < 4.78 is 40.4. The SMILES string of the molecule is CO[C@@H]1[C@@H](OC(N)=O)[C@@H](O)[C@H](Oc2ccc3c(O)c(NC(=O)c4ccc(O)c(CC=C(C)C)c4)c(=O)oc3c2C)OC1(C)C.Fc1ccc2ccccc2n1. The molecule has 3 aromatic carbocycles. The molecule has 1 aliphatic rings. The van der Waals surface area contributed by atoms with E-state index in [1.165, 1.54) is 43.5 Å². The second-order valence-corrected chi connectivity index (χ2v) is 13.5. The van der Waals surface area contributed by atoms with Crippen molar-refractivity contribution in [2.24, 2.45) is 5.73 Å². The highest BCUT2D eigenvalue weighted by Crippen LogP contribution is 2.38. The lowest BCUT2D eigenvalue weighted by Crippen LogP contribution is -2.65. The molecule has 2 aromatic heterocycles. The summed E-state index contributed by atoms with van der Waals surface area (Å²) in [6.07, 6.45) is -3.81. The van der Waals surface area contributed by atoms with Crippen LogP contribution in [0.3, 0.4) is 0 Å². The highest BCUT2D eigenvalue weighted by Gasteiger charge is 2.53. The van der Waals surface area contributed by atoms with Gasteiger partial charge in [0, 0.05) is 23.6 Å². The maximum Gasteiger partial charge on any atom is 0.404 e. The molecule has 14 nitrogen and oxygen atoms in total. The highest BCUT2D eigenvalue weighted by molar-refractivity contribution is 6.06. The van der Waals surface area contributed by atoms with Gasteiger partial charge in [-0.05, 0) is 95.1 Å². The number of anilines is 1. The fourth-order valence-electron chi connectivity index (χ4n) is 6.10. The number of aryl methyl sites for hydroxylation is 1. The maximum absolute atomic E-state index is 13.0. The number of phenols is 1. The molecule has 0 saturated carbocycles. The molecule has 4 atom stereocenters. The van der Waals surface area contributed by atoms with Gasteiger partial charge in [0.15, 0.2) is 23.6 Å². The molecule has 0 bridgehead atoms. The number of phenolic OH excluding ortho intramolecular Hbond substituents is 1. The van der Waals surface area contributed by atoms with Gasteiger partial charge < -0.3 is 49.7 Å². The van der Waals surface area contributed by atoms with Crippen molar-refractivity contribution in [3.05, 3.63) is 111 Å². The summed E-state index contributed by atoms with van der Waals surface area (Å²) in [5, 5.41) is 35.5. The first-order chi connectivity index (χ1) is 26.0. The third-order valence-corrected chi connectivity index (χ3v) is 8.89. The minimum absolute atomic E-state index is 0.0183. The number of primary amides is 1. The van der Waals surface area contributed by atoms with Crippen LogP contribution in [0, 0.1) is 12.9 Å². The molecule has 0 radical (unpaired) electrons. The average molecular weight is 760 g/mol. The van der Waals surface area contributed by atoms with E-state index in [9.17, 15) is 34.1 Å². The molecule has 290 valence electrons. The van der Waals surface area contributed by atoms with Gasteiger partial charge in [0.2, 0.25) is 12.2 Å². The van der Waals surface area contributed by atoms with Crippen LogP contribution >= 0.6 is 0 Å². The van der Waals surface area contributed by atoms with Crippen LogP contribution in [-0.2, 0) is 20.6 Å². The first kappa shape index (κ1) is 40.2. The Balaban J connectivity index is 0.000000447. The molecule has 0 unspecified atom stereocenters. The summed E-state index contributed by atoms with van der Waals surface area (Å²) in [4.78, 5) is 41.2. The molecule has 0 aliphatic carbocycles. The zero-order valence-corrected chi connectivity index (χ0v) is 31.0. The molecule has 1 saturated heterocycles. The number of carbonyl (C=O) groups is 2. The van der Waals surface area contributed by atoms with E-state index in [0.29, 0.717) is 17.5 Å². The Labute approximate surface area is 314 Å². The van der Waals surface area contributed by atoms with Gasteiger partial charge >= 0.3 is 11.7 Å². The lowest BCUT2D eigenvalue weighted by molar-refractivity contribution is -0.304. The first-order valence-corrected chi connectivity index (χ1v) is 17.1. The number of aromatic nitrogens is 1. The van der Waals surface area contributed by atoms with Crippen LogP contribution in [0.4, 0.5) is 14.9 Å². The van der Waals surface area contributed by atoms with Crippen molar-refractivity contribution in [3.8, 4) is 17.2 Å². The predicted molar refractivity (Wildman–Crippen MR) is 201 cm³/mol. The zero-order chi connectivity index (χ0) is 40.2. The Morgan fingerprint density at radius 1 is 1.07 bits per heavy atom. The van der Waals surface area contributed by atoms with Gasteiger partial charge in [0.05, 0.1) is 16.5 Å². The molecular weight excluding hydrogens is 717 g/mol. The molecule has 5 aromatic rings. The van der Waals surface area contributed by atoms with E-state index in [1.54, 1.807) is 32.9 Å². The molecule has 55 heavy (non-hydrogen) atoms. The number of nitrogens with zero attached hydrogens (tertiary/aromatic N) is 1. The number of para-hydroxylation sites is 1. The monoisotopic (exact) mass is 759 g/mol. The Kier molecular flexibility index (Phi) is 12.1. The quantitative estimate of drug-likeness (QED) is 0.0700. The second kappa shape index (κ2) is 16.5. The van der Waals surface area contributed by atoms with Crippen LogP contribution in [0.15, 0.2) is 87.6 Å². The molecule has 2 amide bonds. The Bertz CT molecular complexity index is 2320. The Hall–Kier alpha value is -6.03. The van der Waals surface area contributed by atoms with Crippen molar-refractivity contribution < 1.29 is 52.7 Å². The van der Waals surface area contributed by atoms with Crippen LogP contribution < -0.4 is 21.4 Å². The fourth-order valence-corrected chi connectivity index (χ4v) is 6.10. The van der Waals surface area contributed by atoms with Crippen LogP contribution in [0.2, 0.25) is 0 Å². The molecular formula is C40H42FN3O11. The van der Waals surface area contributed by atoms with Crippen molar-refractivity contribution in [1.29, 1.82) is 0 Å². The number of hydrogen-bond donors (Lipinski definition) is 5. The number of pyridine rings is 1. The number of aliphatic hydroxyl groups excluding tert-OH is 1. The van der Waals surface area contributed by atoms with Gasteiger partial charge in [0.25, 0.3) is 5.91 Å². The van der Waals surface area contributed by atoms with Gasteiger partial charge in [-0.15, -0.1) is 0 Å². The predicted octanol–water partition coefficient (Wildman–Crippen LogP) is 6.00. The Morgan fingerprint density at radius 2 is 1.80 bits per heavy atom. The minimum atomic E-state index is -1.52. The van der Waals surface area contributed by atoms with Crippen molar-refractivity contribution >= 4 is 39.6 Å². The van der Waals surface area contributed by atoms with Crippen molar-refractivity contribution in [2.45, 2.75) is 71.2 Å². The molecule has 6 N–H and O–H groups in total. The third-order valence-electron chi connectivity index (χ3n) is 8.89. The second-order valence-electron chi connectivity index (χ2n) is 13.5. The van der Waals surface area contributed by atoms with E-state index in [0.717, 1.165) is 11.0 Å². The van der Waals surface area contributed by atoms with E-state index in [-0.39, 0.29) is 33.6 Å². The normalized spacial score (nSPS) is 18.8. The fraction of sp³-hybridized carbons (Fsp3) is 0.300. The number of aromatic hydroxyl groups is 2. The van der Waals surface area contributed by atoms with E-state index in [2.05, 4.69) is 10.3 Å². The number of rotatable bonds is 8. The topological polar surface area (TPSA) is 213 Å². The van der Waals surface area contributed by atoms with E-state index < -0.39 is 65.2 Å². The maximum atomic E-state index is 13.0. The van der Waals surface area contributed by atoms with Gasteiger partial charge in [-0.2, -0.15) is 4.39 Å².